The highest BCUT2D eigenvalue weighted by atomic mass is 16.5. The zero-order chi connectivity index (χ0) is 15.2. The van der Waals surface area contributed by atoms with Crippen molar-refractivity contribution >= 4 is 5.91 Å². The molecule has 1 amide bonds. The van der Waals surface area contributed by atoms with Gasteiger partial charge in [-0.25, -0.2) is 0 Å². The monoisotopic (exact) mass is 292 g/mol. The van der Waals surface area contributed by atoms with Crippen LogP contribution in [0.25, 0.3) is 0 Å². The molecule has 0 spiro atoms. The Bertz CT molecular complexity index is 503. The van der Waals surface area contributed by atoms with Crippen LogP contribution in [0.3, 0.4) is 0 Å². The van der Waals surface area contributed by atoms with Crippen molar-refractivity contribution < 1.29 is 14.3 Å². The van der Waals surface area contributed by atoms with Gasteiger partial charge in [0, 0.05) is 19.5 Å². The lowest BCUT2D eigenvalue weighted by molar-refractivity contribution is -0.132. The molecule has 1 heterocycles. The quantitative estimate of drug-likeness (QED) is 0.809. The lowest BCUT2D eigenvalue weighted by Gasteiger charge is -2.29. The molecule has 0 unspecified atom stereocenters. The lowest BCUT2D eigenvalue weighted by atomic mass is 9.98. The second-order valence-electron chi connectivity index (χ2n) is 5.25. The number of fused-ring (bicyclic) bond motifs is 1. The number of nitrogens with one attached hydrogen (secondary N) is 1. The summed E-state index contributed by atoms with van der Waals surface area (Å²) in [5, 5.41) is 3.07. The summed E-state index contributed by atoms with van der Waals surface area (Å²) in [6.45, 7) is 2.32. The number of carbonyl (C=O) groups is 1. The largest absolute Gasteiger partial charge is 0.493 e. The summed E-state index contributed by atoms with van der Waals surface area (Å²) in [5.41, 5.74) is 2.40. The van der Waals surface area contributed by atoms with E-state index in [2.05, 4.69) is 5.32 Å². The van der Waals surface area contributed by atoms with E-state index in [1.807, 2.05) is 24.1 Å². The fraction of sp³-hybridized carbons (Fsp3) is 0.562. The molecule has 0 bridgehead atoms. The van der Waals surface area contributed by atoms with Crippen molar-refractivity contribution in [2.75, 3.05) is 34.4 Å². The first-order valence-electron chi connectivity index (χ1n) is 7.35. The Morgan fingerprint density at radius 3 is 2.52 bits per heavy atom. The van der Waals surface area contributed by atoms with Gasteiger partial charge >= 0.3 is 0 Å². The molecule has 1 aromatic carbocycles. The van der Waals surface area contributed by atoms with Crippen LogP contribution < -0.4 is 14.8 Å². The summed E-state index contributed by atoms with van der Waals surface area (Å²) >= 11 is 0. The number of hydrogen-bond donors (Lipinski definition) is 1. The average molecular weight is 292 g/mol. The first-order chi connectivity index (χ1) is 10.2. The van der Waals surface area contributed by atoms with Gasteiger partial charge in [0.15, 0.2) is 11.5 Å². The van der Waals surface area contributed by atoms with Gasteiger partial charge < -0.3 is 19.7 Å². The Kier molecular flexibility index (Phi) is 5.44. The third kappa shape index (κ3) is 3.67. The molecule has 0 radical (unpaired) electrons. The molecule has 21 heavy (non-hydrogen) atoms. The Balaban J connectivity index is 2.07. The number of nitrogens with zero attached hydrogens (tertiary/aromatic N) is 1. The molecular weight excluding hydrogens is 268 g/mol. The molecule has 0 saturated heterocycles. The van der Waals surface area contributed by atoms with E-state index in [9.17, 15) is 4.79 Å². The minimum Gasteiger partial charge on any atom is -0.493 e. The predicted molar refractivity (Wildman–Crippen MR) is 81.8 cm³/mol. The maximum absolute atomic E-state index is 12.2. The summed E-state index contributed by atoms with van der Waals surface area (Å²) in [7, 11) is 5.18. The van der Waals surface area contributed by atoms with Gasteiger partial charge in [-0.05, 0) is 49.7 Å². The molecule has 5 nitrogen and oxygen atoms in total. The van der Waals surface area contributed by atoms with E-state index in [0.29, 0.717) is 13.0 Å². The van der Waals surface area contributed by atoms with Crippen LogP contribution in [-0.2, 0) is 17.8 Å². The number of rotatable bonds is 6. The van der Waals surface area contributed by atoms with Gasteiger partial charge in [-0.3, -0.25) is 4.79 Å². The molecule has 1 aliphatic heterocycles. The molecule has 2 rings (SSSR count). The van der Waals surface area contributed by atoms with Crippen LogP contribution >= 0.6 is 0 Å². The van der Waals surface area contributed by atoms with Crippen LogP contribution in [-0.4, -0.2) is 45.2 Å². The Labute approximate surface area is 126 Å². The minimum atomic E-state index is 0.227. The van der Waals surface area contributed by atoms with Gasteiger partial charge in [-0.15, -0.1) is 0 Å². The highest BCUT2D eigenvalue weighted by Crippen LogP contribution is 2.33. The SMILES string of the molecule is CNCCCC(=O)N1CCc2cc(OC)c(OC)cc2C1. The summed E-state index contributed by atoms with van der Waals surface area (Å²) in [5.74, 6) is 1.71. The van der Waals surface area contributed by atoms with Crippen LogP contribution in [0, 0.1) is 0 Å². The molecule has 1 N–H and O–H groups in total. The first-order valence-corrected chi connectivity index (χ1v) is 7.35. The smallest absolute Gasteiger partial charge is 0.222 e. The molecule has 116 valence electrons. The summed E-state index contributed by atoms with van der Waals surface area (Å²) in [6, 6.07) is 4.01. The molecule has 0 atom stereocenters. The third-order valence-corrected chi connectivity index (χ3v) is 3.89. The van der Waals surface area contributed by atoms with E-state index >= 15 is 0 Å². The van der Waals surface area contributed by atoms with E-state index in [1.165, 1.54) is 5.56 Å². The number of carbonyl (C=O) groups excluding carboxylic acids is 1. The van der Waals surface area contributed by atoms with Gasteiger partial charge in [0.2, 0.25) is 5.91 Å². The number of benzene rings is 1. The molecular formula is C16H24N2O3. The molecule has 1 aromatic rings. The van der Waals surface area contributed by atoms with Crippen molar-refractivity contribution in [2.45, 2.75) is 25.8 Å². The second kappa shape index (κ2) is 7.31. The molecule has 0 fully saturated rings. The zero-order valence-corrected chi connectivity index (χ0v) is 13.1. The predicted octanol–water partition coefficient (Wildman–Crippen LogP) is 1.59. The Morgan fingerprint density at radius 2 is 1.90 bits per heavy atom. The van der Waals surface area contributed by atoms with E-state index in [0.717, 1.165) is 43.0 Å². The molecule has 0 saturated carbocycles. The number of amides is 1. The van der Waals surface area contributed by atoms with Crippen LogP contribution in [0.5, 0.6) is 11.5 Å². The highest BCUT2D eigenvalue weighted by molar-refractivity contribution is 5.76. The molecule has 0 aliphatic carbocycles. The summed E-state index contributed by atoms with van der Waals surface area (Å²) in [6.07, 6.45) is 2.35. The molecule has 5 heteroatoms. The maximum Gasteiger partial charge on any atom is 0.222 e. The topological polar surface area (TPSA) is 50.8 Å². The molecule has 1 aliphatic rings. The van der Waals surface area contributed by atoms with Crippen molar-refractivity contribution in [3.63, 3.8) is 0 Å². The van der Waals surface area contributed by atoms with Crippen LogP contribution in [0.4, 0.5) is 0 Å². The van der Waals surface area contributed by atoms with Crippen LogP contribution in [0.2, 0.25) is 0 Å². The Morgan fingerprint density at radius 1 is 1.24 bits per heavy atom. The third-order valence-electron chi connectivity index (χ3n) is 3.89. The van der Waals surface area contributed by atoms with E-state index < -0.39 is 0 Å². The van der Waals surface area contributed by atoms with Gasteiger partial charge in [-0.1, -0.05) is 0 Å². The van der Waals surface area contributed by atoms with Gasteiger partial charge in [-0.2, -0.15) is 0 Å². The Hall–Kier alpha value is -1.75. The van der Waals surface area contributed by atoms with Crippen molar-refractivity contribution in [3.8, 4) is 11.5 Å². The summed E-state index contributed by atoms with van der Waals surface area (Å²) in [4.78, 5) is 14.1. The number of hydrogen-bond acceptors (Lipinski definition) is 4. The van der Waals surface area contributed by atoms with E-state index in [4.69, 9.17) is 9.47 Å². The standard InChI is InChI=1S/C16H24N2O3/c1-17-7-4-5-16(19)18-8-6-12-9-14(20-2)15(21-3)10-13(12)11-18/h9-10,17H,4-8,11H2,1-3H3. The van der Waals surface area contributed by atoms with E-state index in [1.54, 1.807) is 14.2 Å². The van der Waals surface area contributed by atoms with Crippen LogP contribution in [0.15, 0.2) is 12.1 Å². The second-order valence-corrected chi connectivity index (χ2v) is 5.25. The minimum absolute atomic E-state index is 0.227. The number of methoxy groups -OCH3 is 2. The normalized spacial score (nSPS) is 13.8. The van der Waals surface area contributed by atoms with Gasteiger partial charge in [0.1, 0.15) is 0 Å². The fourth-order valence-electron chi connectivity index (χ4n) is 2.67. The summed E-state index contributed by atoms with van der Waals surface area (Å²) < 4.78 is 10.7. The maximum atomic E-state index is 12.2. The van der Waals surface area contributed by atoms with Crippen molar-refractivity contribution in [3.05, 3.63) is 23.3 Å². The lowest BCUT2D eigenvalue weighted by Crippen LogP contribution is -2.36. The van der Waals surface area contributed by atoms with E-state index in [-0.39, 0.29) is 5.91 Å². The van der Waals surface area contributed by atoms with Gasteiger partial charge in [0.05, 0.1) is 14.2 Å². The zero-order valence-electron chi connectivity index (χ0n) is 13.1. The highest BCUT2D eigenvalue weighted by Gasteiger charge is 2.22. The number of ether oxygens (including phenoxy) is 2. The van der Waals surface area contributed by atoms with Crippen LogP contribution in [0.1, 0.15) is 24.0 Å². The first kappa shape index (κ1) is 15.6. The fourth-order valence-corrected chi connectivity index (χ4v) is 2.67. The van der Waals surface area contributed by atoms with Crippen molar-refractivity contribution in [1.29, 1.82) is 0 Å². The van der Waals surface area contributed by atoms with Crippen molar-refractivity contribution in [1.82, 2.24) is 10.2 Å². The van der Waals surface area contributed by atoms with Crippen molar-refractivity contribution in [2.24, 2.45) is 0 Å². The van der Waals surface area contributed by atoms with Gasteiger partial charge in [0.25, 0.3) is 0 Å². The molecule has 0 aromatic heterocycles. The average Bonchev–Trinajstić information content (AvgIpc) is 2.52.